The Morgan fingerprint density at radius 1 is 1.53 bits per heavy atom. The van der Waals surface area contributed by atoms with E-state index in [0.29, 0.717) is 0 Å². The Hall–Kier alpha value is -0.970. The van der Waals surface area contributed by atoms with Crippen molar-refractivity contribution in [2.24, 2.45) is 0 Å². The second-order valence-corrected chi connectivity index (χ2v) is 3.74. The summed E-state index contributed by atoms with van der Waals surface area (Å²) in [5, 5.41) is 9.45. The minimum Gasteiger partial charge on any atom is -0.459 e. The Morgan fingerprint density at radius 3 is 2.47 bits per heavy atom. The van der Waals surface area contributed by atoms with Gasteiger partial charge in [-0.05, 0) is 25.7 Å². The summed E-state index contributed by atoms with van der Waals surface area (Å²) in [6.45, 7) is 3.24. The summed E-state index contributed by atoms with van der Waals surface area (Å²) >= 11 is 0. The lowest BCUT2D eigenvalue weighted by atomic mass is 9.83. The van der Waals surface area contributed by atoms with Crippen molar-refractivity contribution in [3.8, 4) is 0 Å². The maximum atomic E-state index is 12.4. The standard InChI is InChI=1S/C10H14F2O3/c1-2-8(13)15-7-3-5-10(14,6-4-7)9(11)12/h2,7,9,14H,1,3-6H2. The zero-order chi connectivity index (χ0) is 11.5. The molecule has 1 fully saturated rings. The first-order chi connectivity index (χ1) is 6.98. The fourth-order valence-electron chi connectivity index (χ4n) is 1.64. The number of carbonyl (C=O) groups is 1. The van der Waals surface area contributed by atoms with Crippen molar-refractivity contribution in [2.45, 2.75) is 43.8 Å². The van der Waals surface area contributed by atoms with Gasteiger partial charge in [0.05, 0.1) is 0 Å². The molecule has 0 spiro atoms. The molecule has 1 aliphatic carbocycles. The van der Waals surface area contributed by atoms with Gasteiger partial charge in [-0.15, -0.1) is 0 Å². The quantitative estimate of drug-likeness (QED) is 0.581. The minimum atomic E-state index is -2.74. The molecular weight excluding hydrogens is 206 g/mol. The molecule has 86 valence electrons. The van der Waals surface area contributed by atoms with Crippen molar-refractivity contribution < 1.29 is 23.4 Å². The lowest BCUT2D eigenvalue weighted by Gasteiger charge is -2.34. The fraction of sp³-hybridized carbons (Fsp3) is 0.700. The second kappa shape index (κ2) is 4.70. The van der Waals surface area contributed by atoms with E-state index in [-0.39, 0.29) is 31.8 Å². The van der Waals surface area contributed by atoms with Gasteiger partial charge in [-0.3, -0.25) is 0 Å². The van der Waals surface area contributed by atoms with Gasteiger partial charge in [0.25, 0.3) is 6.43 Å². The Bertz CT molecular complexity index is 245. The third-order valence-electron chi connectivity index (χ3n) is 2.65. The number of ether oxygens (including phenoxy) is 1. The molecule has 15 heavy (non-hydrogen) atoms. The summed E-state index contributed by atoms with van der Waals surface area (Å²) in [4.78, 5) is 10.8. The van der Waals surface area contributed by atoms with Crippen molar-refractivity contribution >= 4 is 5.97 Å². The largest absolute Gasteiger partial charge is 0.459 e. The van der Waals surface area contributed by atoms with E-state index in [4.69, 9.17) is 4.74 Å². The minimum absolute atomic E-state index is 0.0419. The molecule has 0 amide bonds. The van der Waals surface area contributed by atoms with Crippen LogP contribution >= 0.6 is 0 Å². The molecule has 3 nitrogen and oxygen atoms in total. The zero-order valence-corrected chi connectivity index (χ0v) is 8.29. The maximum Gasteiger partial charge on any atom is 0.330 e. The number of halogens is 2. The Balaban J connectivity index is 2.42. The maximum absolute atomic E-state index is 12.4. The van der Waals surface area contributed by atoms with Gasteiger partial charge in [0.15, 0.2) is 0 Å². The molecule has 0 atom stereocenters. The average Bonchev–Trinajstić information content (AvgIpc) is 2.21. The van der Waals surface area contributed by atoms with Crippen LogP contribution in [0.15, 0.2) is 12.7 Å². The predicted octanol–water partition coefficient (Wildman–Crippen LogP) is 1.65. The highest BCUT2D eigenvalue weighted by atomic mass is 19.3. The molecule has 0 radical (unpaired) electrons. The smallest absolute Gasteiger partial charge is 0.330 e. The van der Waals surface area contributed by atoms with Crippen LogP contribution in [0.25, 0.3) is 0 Å². The van der Waals surface area contributed by atoms with Crippen LogP contribution in [-0.4, -0.2) is 29.2 Å². The Kier molecular flexibility index (Phi) is 3.79. The van der Waals surface area contributed by atoms with Crippen LogP contribution in [-0.2, 0) is 9.53 Å². The van der Waals surface area contributed by atoms with E-state index in [2.05, 4.69) is 6.58 Å². The van der Waals surface area contributed by atoms with Crippen molar-refractivity contribution in [1.82, 2.24) is 0 Å². The lowest BCUT2D eigenvalue weighted by Crippen LogP contribution is -2.42. The second-order valence-electron chi connectivity index (χ2n) is 3.74. The highest BCUT2D eigenvalue weighted by Crippen LogP contribution is 2.34. The van der Waals surface area contributed by atoms with E-state index < -0.39 is 18.0 Å². The molecule has 1 N–H and O–H groups in total. The lowest BCUT2D eigenvalue weighted by molar-refractivity contribution is -0.156. The highest BCUT2D eigenvalue weighted by Gasteiger charge is 2.41. The normalized spacial score (nSPS) is 31.3. The van der Waals surface area contributed by atoms with E-state index in [0.717, 1.165) is 6.08 Å². The molecule has 0 unspecified atom stereocenters. The Labute approximate surface area is 86.7 Å². The van der Waals surface area contributed by atoms with Crippen LogP contribution in [0.2, 0.25) is 0 Å². The molecule has 0 aliphatic heterocycles. The highest BCUT2D eigenvalue weighted by molar-refractivity contribution is 5.81. The number of carbonyl (C=O) groups excluding carboxylic acids is 1. The van der Waals surface area contributed by atoms with Crippen molar-refractivity contribution in [3.05, 3.63) is 12.7 Å². The van der Waals surface area contributed by atoms with E-state index in [1.165, 1.54) is 0 Å². The zero-order valence-electron chi connectivity index (χ0n) is 8.29. The van der Waals surface area contributed by atoms with Gasteiger partial charge in [-0.1, -0.05) is 6.58 Å². The summed E-state index contributed by atoms with van der Waals surface area (Å²) < 4.78 is 29.7. The number of aliphatic hydroxyl groups is 1. The van der Waals surface area contributed by atoms with E-state index in [1.807, 2.05) is 0 Å². The van der Waals surface area contributed by atoms with E-state index in [1.54, 1.807) is 0 Å². The third kappa shape index (κ3) is 2.99. The first-order valence-corrected chi connectivity index (χ1v) is 4.81. The molecule has 1 rings (SSSR count). The van der Waals surface area contributed by atoms with Gasteiger partial charge < -0.3 is 9.84 Å². The van der Waals surface area contributed by atoms with Gasteiger partial charge in [-0.25, -0.2) is 13.6 Å². The SMILES string of the molecule is C=CC(=O)OC1CCC(O)(C(F)F)CC1. The predicted molar refractivity (Wildman–Crippen MR) is 49.5 cm³/mol. The number of hydrogen-bond acceptors (Lipinski definition) is 3. The first kappa shape index (κ1) is 12.1. The monoisotopic (exact) mass is 220 g/mol. The molecule has 0 aromatic carbocycles. The van der Waals surface area contributed by atoms with Crippen LogP contribution < -0.4 is 0 Å². The van der Waals surface area contributed by atoms with Gasteiger partial charge in [0.1, 0.15) is 11.7 Å². The summed E-state index contributed by atoms with van der Waals surface area (Å²) in [7, 11) is 0. The summed E-state index contributed by atoms with van der Waals surface area (Å²) in [5.74, 6) is -0.553. The summed E-state index contributed by atoms with van der Waals surface area (Å²) in [5.41, 5.74) is -1.91. The number of hydrogen-bond donors (Lipinski definition) is 1. The van der Waals surface area contributed by atoms with E-state index in [9.17, 15) is 18.7 Å². The van der Waals surface area contributed by atoms with Crippen LogP contribution in [0.3, 0.4) is 0 Å². The topological polar surface area (TPSA) is 46.5 Å². The van der Waals surface area contributed by atoms with Crippen molar-refractivity contribution in [2.75, 3.05) is 0 Å². The van der Waals surface area contributed by atoms with Crippen LogP contribution in [0, 0.1) is 0 Å². The molecule has 0 heterocycles. The fourth-order valence-corrected chi connectivity index (χ4v) is 1.64. The van der Waals surface area contributed by atoms with Gasteiger partial charge in [0, 0.05) is 6.08 Å². The molecule has 1 saturated carbocycles. The first-order valence-electron chi connectivity index (χ1n) is 4.81. The van der Waals surface area contributed by atoms with Gasteiger partial charge >= 0.3 is 5.97 Å². The van der Waals surface area contributed by atoms with E-state index >= 15 is 0 Å². The number of esters is 1. The van der Waals surface area contributed by atoms with Gasteiger partial charge in [-0.2, -0.15) is 0 Å². The van der Waals surface area contributed by atoms with Gasteiger partial charge in [0.2, 0.25) is 0 Å². The summed E-state index contributed by atoms with van der Waals surface area (Å²) in [6, 6.07) is 0. The molecular formula is C10H14F2O3. The molecule has 0 saturated heterocycles. The molecule has 1 aliphatic rings. The third-order valence-corrected chi connectivity index (χ3v) is 2.65. The molecule has 5 heteroatoms. The Morgan fingerprint density at radius 2 is 2.07 bits per heavy atom. The molecule has 0 aromatic heterocycles. The van der Waals surface area contributed by atoms with Crippen LogP contribution in [0.5, 0.6) is 0 Å². The molecule has 0 aromatic rings. The average molecular weight is 220 g/mol. The van der Waals surface area contributed by atoms with Crippen LogP contribution in [0.1, 0.15) is 25.7 Å². The summed E-state index contributed by atoms with van der Waals surface area (Å²) in [6.07, 6.45) is -1.64. The van der Waals surface area contributed by atoms with Crippen LogP contribution in [0.4, 0.5) is 8.78 Å². The van der Waals surface area contributed by atoms with Crippen molar-refractivity contribution in [3.63, 3.8) is 0 Å². The number of rotatable bonds is 3. The number of alkyl halides is 2. The van der Waals surface area contributed by atoms with Crippen molar-refractivity contribution in [1.29, 1.82) is 0 Å². The molecule has 0 bridgehead atoms.